The average Bonchev–Trinajstić information content (AvgIpc) is 3.16. The Balaban J connectivity index is 1.49. The minimum absolute atomic E-state index is 0.103. The summed E-state index contributed by atoms with van der Waals surface area (Å²) in [6.07, 6.45) is 2.91. The monoisotopic (exact) mass is 418 g/mol. The minimum atomic E-state index is -0.910. The van der Waals surface area contributed by atoms with Gasteiger partial charge in [0.2, 0.25) is 0 Å². The maximum Gasteiger partial charge on any atom is 0.253 e. The third-order valence-electron chi connectivity index (χ3n) is 5.91. The molecule has 0 aromatic carbocycles. The lowest BCUT2D eigenvalue weighted by atomic mass is 9.87. The molecule has 0 amide bonds. The standard InChI is InChI=1S/C15H20Cl2N6O4/c16-6-1-3-8-12(14(6)22(24)25)20-10(18-8)5-11-19-9-4-2-7(17)15(23(26)27)13(9)21-11/h6-9,12-15H,1-5H2,(H,18,20)(H,19,21). The molecule has 2 fully saturated rings. The molecule has 4 aliphatic rings. The fraction of sp³-hybridized carbons (Fsp3) is 0.867. The highest BCUT2D eigenvalue weighted by Crippen LogP contribution is 2.33. The molecule has 10 nitrogen and oxygen atoms in total. The zero-order valence-electron chi connectivity index (χ0n) is 14.3. The Kier molecular flexibility index (Phi) is 4.87. The number of alkyl halides is 2. The molecule has 2 aliphatic carbocycles. The van der Waals surface area contributed by atoms with Gasteiger partial charge < -0.3 is 10.6 Å². The first kappa shape index (κ1) is 18.7. The van der Waals surface area contributed by atoms with Crippen LogP contribution in [0.1, 0.15) is 32.1 Å². The number of nitrogens with zero attached hydrogens (tertiary/aromatic N) is 4. The zero-order valence-corrected chi connectivity index (χ0v) is 15.8. The van der Waals surface area contributed by atoms with Crippen molar-refractivity contribution in [1.29, 1.82) is 0 Å². The van der Waals surface area contributed by atoms with E-state index in [1.807, 2.05) is 0 Å². The smallest absolute Gasteiger partial charge is 0.253 e. The van der Waals surface area contributed by atoms with Crippen LogP contribution >= 0.6 is 23.2 Å². The van der Waals surface area contributed by atoms with Gasteiger partial charge in [-0.1, -0.05) is 0 Å². The summed E-state index contributed by atoms with van der Waals surface area (Å²) in [5.74, 6) is 1.24. The highest BCUT2D eigenvalue weighted by Gasteiger charge is 2.51. The van der Waals surface area contributed by atoms with E-state index in [9.17, 15) is 20.2 Å². The number of hydrogen-bond donors (Lipinski definition) is 2. The van der Waals surface area contributed by atoms with Crippen LogP contribution in [-0.2, 0) is 0 Å². The zero-order chi connectivity index (χ0) is 19.3. The van der Waals surface area contributed by atoms with Crippen molar-refractivity contribution in [3.8, 4) is 0 Å². The molecule has 2 aliphatic heterocycles. The van der Waals surface area contributed by atoms with Crippen molar-refractivity contribution >= 4 is 34.9 Å². The molecule has 8 unspecified atom stereocenters. The second kappa shape index (κ2) is 7.05. The summed E-state index contributed by atoms with van der Waals surface area (Å²) in [6, 6.07) is -3.01. The van der Waals surface area contributed by atoms with Gasteiger partial charge in [0.1, 0.15) is 34.5 Å². The number of aliphatic imine (C=N–C) groups is 2. The molecule has 0 aromatic heterocycles. The van der Waals surface area contributed by atoms with Gasteiger partial charge in [0.25, 0.3) is 12.1 Å². The van der Waals surface area contributed by atoms with Gasteiger partial charge >= 0.3 is 0 Å². The second-order valence-corrected chi connectivity index (χ2v) is 8.67. The Hall–Kier alpha value is -1.68. The van der Waals surface area contributed by atoms with Crippen LogP contribution in [0.3, 0.4) is 0 Å². The largest absolute Gasteiger partial charge is 0.368 e. The average molecular weight is 419 g/mol. The summed E-state index contributed by atoms with van der Waals surface area (Å²) in [5.41, 5.74) is 0. The van der Waals surface area contributed by atoms with E-state index in [0.29, 0.717) is 30.9 Å². The maximum atomic E-state index is 11.4. The molecule has 0 spiro atoms. The summed E-state index contributed by atoms with van der Waals surface area (Å²) in [5, 5.41) is 28.2. The SMILES string of the molecule is O=[N+]([O-])C1C(Cl)CCC2NC(CC3=NC4C(CCC(Cl)C4[N+](=O)[O-])N3)=NC21. The highest BCUT2D eigenvalue weighted by atomic mass is 35.5. The third kappa shape index (κ3) is 3.33. The van der Waals surface area contributed by atoms with Crippen molar-refractivity contribution in [2.45, 2.75) is 79.1 Å². The predicted octanol–water partition coefficient (Wildman–Crippen LogP) is 0.947. The van der Waals surface area contributed by atoms with E-state index in [0.717, 1.165) is 12.8 Å². The molecule has 148 valence electrons. The summed E-state index contributed by atoms with van der Waals surface area (Å²) in [6.45, 7) is 0. The molecule has 0 saturated heterocycles. The highest BCUT2D eigenvalue weighted by molar-refractivity contribution is 6.21. The first-order valence-corrected chi connectivity index (χ1v) is 9.94. The number of hydrogen-bond acceptors (Lipinski definition) is 8. The molecule has 8 atom stereocenters. The Morgan fingerprint density at radius 1 is 0.852 bits per heavy atom. The quantitative estimate of drug-likeness (QED) is 0.396. The normalized spacial score (nSPS) is 42.9. The summed E-state index contributed by atoms with van der Waals surface area (Å²) >= 11 is 12.3. The minimum Gasteiger partial charge on any atom is -0.368 e. The Labute approximate surface area is 165 Å². The fourth-order valence-electron chi connectivity index (χ4n) is 4.64. The molecular weight excluding hydrogens is 399 g/mol. The third-order valence-corrected chi connectivity index (χ3v) is 6.86. The summed E-state index contributed by atoms with van der Waals surface area (Å²) in [4.78, 5) is 31.1. The van der Waals surface area contributed by atoms with Crippen LogP contribution in [0, 0.1) is 20.2 Å². The van der Waals surface area contributed by atoms with Gasteiger partial charge in [-0.2, -0.15) is 0 Å². The lowest BCUT2D eigenvalue weighted by molar-refractivity contribution is -0.527. The molecular formula is C15H20Cl2N6O4. The van der Waals surface area contributed by atoms with Gasteiger partial charge in [-0.05, 0) is 25.7 Å². The van der Waals surface area contributed by atoms with Crippen LogP contribution in [-0.4, -0.2) is 68.5 Å². The van der Waals surface area contributed by atoms with E-state index in [1.165, 1.54) is 0 Å². The van der Waals surface area contributed by atoms with Crippen LogP contribution in [0.15, 0.2) is 9.98 Å². The molecule has 2 saturated carbocycles. The molecule has 0 bridgehead atoms. The van der Waals surface area contributed by atoms with Gasteiger partial charge in [0.15, 0.2) is 0 Å². The number of halogens is 2. The molecule has 2 heterocycles. The molecule has 4 rings (SSSR count). The number of fused-ring (bicyclic) bond motifs is 2. The van der Waals surface area contributed by atoms with Gasteiger partial charge in [-0.15, -0.1) is 23.2 Å². The van der Waals surface area contributed by atoms with Crippen molar-refractivity contribution in [3.05, 3.63) is 20.2 Å². The van der Waals surface area contributed by atoms with Crippen molar-refractivity contribution in [2.24, 2.45) is 9.98 Å². The number of amidine groups is 2. The first-order valence-electron chi connectivity index (χ1n) is 9.06. The molecule has 12 heteroatoms. The van der Waals surface area contributed by atoms with Crippen LogP contribution in [0.5, 0.6) is 0 Å². The van der Waals surface area contributed by atoms with Gasteiger partial charge in [0.05, 0.1) is 18.5 Å². The number of nitrogens with one attached hydrogen (secondary N) is 2. The van der Waals surface area contributed by atoms with Crippen molar-refractivity contribution in [2.75, 3.05) is 0 Å². The first-order chi connectivity index (χ1) is 12.8. The molecule has 0 aromatic rings. The lowest BCUT2D eigenvalue weighted by Crippen LogP contribution is -2.52. The summed E-state index contributed by atoms with van der Waals surface area (Å²) in [7, 11) is 0. The van der Waals surface area contributed by atoms with E-state index in [-0.39, 0.29) is 21.9 Å². The van der Waals surface area contributed by atoms with Crippen LogP contribution in [0.2, 0.25) is 0 Å². The van der Waals surface area contributed by atoms with E-state index < -0.39 is 34.9 Å². The predicted molar refractivity (Wildman–Crippen MR) is 100 cm³/mol. The second-order valence-electron chi connectivity index (χ2n) is 7.55. The van der Waals surface area contributed by atoms with Gasteiger partial charge in [-0.25, -0.2) is 0 Å². The lowest BCUT2D eigenvalue weighted by Gasteiger charge is -2.29. The van der Waals surface area contributed by atoms with E-state index in [1.54, 1.807) is 0 Å². The topological polar surface area (TPSA) is 135 Å². The fourth-order valence-corrected chi connectivity index (χ4v) is 5.37. The molecule has 2 N–H and O–H groups in total. The van der Waals surface area contributed by atoms with Crippen molar-refractivity contribution in [1.82, 2.24) is 10.6 Å². The maximum absolute atomic E-state index is 11.4. The van der Waals surface area contributed by atoms with E-state index in [4.69, 9.17) is 23.2 Å². The summed E-state index contributed by atoms with van der Waals surface area (Å²) < 4.78 is 0. The van der Waals surface area contributed by atoms with Crippen molar-refractivity contribution < 1.29 is 9.85 Å². The van der Waals surface area contributed by atoms with Crippen LogP contribution < -0.4 is 10.6 Å². The van der Waals surface area contributed by atoms with Crippen LogP contribution in [0.25, 0.3) is 0 Å². The Morgan fingerprint density at radius 3 is 1.63 bits per heavy atom. The molecule has 27 heavy (non-hydrogen) atoms. The van der Waals surface area contributed by atoms with Crippen LogP contribution in [0.4, 0.5) is 0 Å². The number of rotatable bonds is 4. The van der Waals surface area contributed by atoms with E-state index >= 15 is 0 Å². The van der Waals surface area contributed by atoms with Gasteiger partial charge in [-0.3, -0.25) is 30.2 Å². The molecule has 0 radical (unpaired) electrons. The number of nitro groups is 2. The van der Waals surface area contributed by atoms with E-state index in [2.05, 4.69) is 20.6 Å². The van der Waals surface area contributed by atoms with Gasteiger partial charge in [0, 0.05) is 9.85 Å². The van der Waals surface area contributed by atoms with Crippen molar-refractivity contribution in [3.63, 3.8) is 0 Å². The Morgan fingerprint density at radius 2 is 1.26 bits per heavy atom. The Bertz CT molecular complexity index is 660.